The number of aryl methyl sites for hydroxylation is 1. The highest BCUT2D eigenvalue weighted by atomic mass is 16.5. The van der Waals surface area contributed by atoms with Crippen LogP contribution >= 0.6 is 0 Å². The number of benzene rings is 1. The van der Waals surface area contributed by atoms with Gasteiger partial charge in [0.05, 0.1) is 11.9 Å². The van der Waals surface area contributed by atoms with Gasteiger partial charge in [-0.1, -0.05) is 24.3 Å². The monoisotopic (exact) mass is 331 g/mol. The normalized spacial score (nSPS) is 16.3. The van der Waals surface area contributed by atoms with Crippen molar-refractivity contribution in [3.63, 3.8) is 0 Å². The summed E-state index contributed by atoms with van der Waals surface area (Å²) in [6.45, 7) is 0. The lowest BCUT2D eigenvalue weighted by Gasteiger charge is -2.21. The average molecular weight is 331 g/mol. The molecule has 0 bridgehead atoms. The molecule has 4 nitrogen and oxygen atoms in total. The third kappa shape index (κ3) is 3.69. The summed E-state index contributed by atoms with van der Waals surface area (Å²) in [6.07, 6.45) is 5.71. The summed E-state index contributed by atoms with van der Waals surface area (Å²) in [4.78, 5) is 9.29. The van der Waals surface area contributed by atoms with E-state index in [4.69, 9.17) is 15.5 Å². The molecule has 1 aliphatic carbocycles. The summed E-state index contributed by atoms with van der Waals surface area (Å²) < 4.78 is 5.78. The molecule has 2 aromatic heterocycles. The van der Waals surface area contributed by atoms with E-state index in [1.165, 1.54) is 5.56 Å². The fraction of sp³-hybridized carbons (Fsp3) is 0.238. The molecule has 1 unspecified atom stereocenters. The number of rotatable bonds is 4. The maximum absolute atomic E-state index is 6.21. The molecule has 0 radical (unpaired) electrons. The van der Waals surface area contributed by atoms with Crippen molar-refractivity contribution >= 4 is 0 Å². The maximum atomic E-state index is 6.21. The molecule has 2 heterocycles. The van der Waals surface area contributed by atoms with Crippen molar-refractivity contribution in [2.45, 2.75) is 31.7 Å². The van der Waals surface area contributed by atoms with E-state index >= 15 is 0 Å². The Labute approximate surface area is 147 Å². The van der Waals surface area contributed by atoms with Crippen LogP contribution in [-0.4, -0.2) is 9.97 Å². The second kappa shape index (κ2) is 7.03. The van der Waals surface area contributed by atoms with Gasteiger partial charge in [0.2, 0.25) is 0 Å². The van der Waals surface area contributed by atoms with Crippen LogP contribution in [0.1, 0.15) is 41.5 Å². The number of nitrogens with zero attached hydrogens (tertiary/aromatic N) is 2. The van der Waals surface area contributed by atoms with Crippen LogP contribution < -0.4 is 10.5 Å². The molecule has 3 aromatic rings. The Morgan fingerprint density at radius 1 is 0.960 bits per heavy atom. The quantitative estimate of drug-likeness (QED) is 0.778. The number of ether oxygens (including phenoxy) is 1. The fourth-order valence-corrected chi connectivity index (χ4v) is 3.21. The first kappa shape index (κ1) is 15.8. The van der Waals surface area contributed by atoms with E-state index in [1.807, 2.05) is 42.5 Å². The van der Waals surface area contributed by atoms with Crippen LogP contribution in [0.2, 0.25) is 0 Å². The first-order chi connectivity index (χ1) is 12.3. The Hall–Kier alpha value is -2.72. The predicted molar refractivity (Wildman–Crippen MR) is 97.7 cm³/mol. The molecular formula is C21H21N3O. The standard InChI is InChI=1S/C21H21N3O/c22-20-8-4-5-15-9-10-17(24-21(15)20)13-16-11-12-19(14-23-16)25-18-6-2-1-3-7-18/h1-3,6-7,9-12,14,20H,4-5,8,13,22H2. The minimum absolute atomic E-state index is 0.0679. The van der Waals surface area contributed by atoms with E-state index in [9.17, 15) is 0 Å². The number of pyridine rings is 2. The summed E-state index contributed by atoms with van der Waals surface area (Å²) in [5, 5.41) is 0. The second-order valence-electron chi connectivity index (χ2n) is 6.42. The summed E-state index contributed by atoms with van der Waals surface area (Å²) >= 11 is 0. The Bertz CT molecular complexity index is 847. The van der Waals surface area contributed by atoms with Gasteiger partial charge in [0.15, 0.2) is 0 Å². The highest BCUT2D eigenvalue weighted by molar-refractivity contribution is 5.32. The molecule has 0 amide bonds. The van der Waals surface area contributed by atoms with E-state index in [0.717, 1.165) is 47.8 Å². The Morgan fingerprint density at radius 2 is 1.80 bits per heavy atom. The highest BCUT2D eigenvalue weighted by Crippen LogP contribution is 2.27. The van der Waals surface area contributed by atoms with Crippen LogP contribution in [0.25, 0.3) is 0 Å². The van der Waals surface area contributed by atoms with E-state index in [-0.39, 0.29) is 6.04 Å². The molecule has 126 valence electrons. The van der Waals surface area contributed by atoms with E-state index in [2.05, 4.69) is 17.1 Å². The smallest absolute Gasteiger partial charge is 0.145 e. The van der Waals surface area contributed by atoms with Crippen LogP contribution in [0.5, 0.6) is 11.5 Å². The molecule has 2 N–H and O–H groups in total. The van der Waals surface area contributed by atoms with Gasteiger partial charge < -0.3 is 10.5 Å². The molecule has 0 aliphatic heterocycles. The SMILES string of the molecule is NC1CCCc2ccc(Cc3ccc(Oc4ccccc4)cn3)nc21. The molecule has 1 atom stereocenters. The average Bonchev–Trinajstić information content (AvgIpc) is 2.65. The Kier molecular flexibility index (Phi) is 4.44. The van der Waals surface area contributed by atoms with Crippen molar-refractivity contribution in [2.75, 3.05) is 0 Å². The minimum atomic E-state index is 0.0679. The maximum Gasteiger partial charge on any atom is 0.145 e. The molecule has 4 heteroatoms. The van der Waals surface area contributed by atoms with E-state index in [1.54, 1.807) is 6.20 Å². The van der Waals surface area contributed by atoms with Crippen molar-refractivity contribution in [3.8, 4) is 11.5 Å². The molecular weight excluding hydrogens is 310 g/mol. The molecule has 0 fully saturated rings. The van der Waals surface area contributed by atoms with Gasteiger partial charge in [-0.2, -0.15) is 0 Å². The summed E-state index contributed by atoms with van der Waals surface area (Å²) in [7, 11) is 0. The minimum Gasteiger partial charge on any atom is -0.456 e. The van der Waals surface area contributed by atoms with Crippen LogP contribution in [0, 0.1) is 0 Å². The van der Waals surface area contributed by atoms with E-state index < -0.39 is 0 Å². The summed E-state index contributed by atoms with van der Waals surface area (Å²) in [6, 6.07) is 18.0. The van der Waals surface area contributed by atoms with Crippen LogP contribution in [-0.2, 0) is 12.8 Å². The lowest BCUT2D eigenvalue weighted by molar-refractivity contribution is 0.480. The van der Waals surface area contributed by atoms with Gasteiger partial charge in [0.25, 0.3) is 0 Å². The fourth-order valence-electron chi connectivity index (χ4n) is 3.21. The number of nitrogens with two attached hydrogens (primary N) is 1. The number of fused-ring (bicyclic) bond motifs is 1. The zero-order chi connectivity index (χ0) is 17.1. The molecule has 25 heavy (non-hydrogen) atoms. The Balaban J connectivity index is 1.47. The molecule has 1 aliphatic rings. The molecule has 0 saturated carbocycles. The summed E-state index contributed by atoms with van der Waals surface area (Å²) in [5.74, 6) is 1.54. The van der Waals surface area contributed by atoms with Gasteiger partial charge in [0.1, 0.15) is 11.5 Å². The van der Waals surface area contributed by atoms with Gasteiger partial charge in [-0.25, -0.2) is 0 Å². The number of para-hydroxylation sites is 1. The van der Waals surface area contributed by atoms with Crippen molar-refractivity contribution in [3.05, 3.63) is 83.4 Å². The number of hydrogen-bond acceptors (Lipinski definition) is 4. The van der Waals surface area contributed by atoms with E-state index in [0.29, 0.717) is 6.42 Å². The molecule has 0 spiro atoms. The van der Waals surface area contributed by atoms with Crippen LogP contribution in [0.4, 0.5) is 0 Å². The van der Waals surface area contributed by atoms with Crippen molar-refractivity contribution < 1.29 is 4.74 Å². The molecule has 1 aromatic carbocycles. The summed E-state index contributed by atoms with van der Waals surface area (Å²) in [5.41, 5.74) is 10.5. The lowest BCUT2D eigenvalue weighted by Crippen LogP contribution is -2.19. The Morgan fingerprint density at radius 3 is 2.60 bits per heavy atom. The third-order valence-corrected chi connectivity index (χ3v) is 4.52. The van der Waals surface area contributed by atoms with Crippen LogP contribution in [0.3, 0.4) is 0 Å². The molecule has 4 rings (SSSR count). The topological polar surface area (TPSA) is 61.0 Å². The van der Waals surface area contributed by atoms with Gasteiger partial charge >= 0.3 is 0 Å². The predicted octanol–water partition coefficient (Wildman–Crippen LogP) is 4.20. The number of hydrogen-bond donors (Lipinski definition) is 1. The third-order valence-electron chi connectivity index (χ3n) is 4.52. The zero-order valence-electron chi connectivity index (χ0n) is 14.1. The van der Waals surface area contributed by atoms with Crippen LogP contribution in [0.15, 0.2) is 60.8 Å². The first-order valence-corrected chi connectivity index (χ1v) is 8.70. The van der Waals surface area contributed by atoms with Gasteiger partial charge in [-0.3, -0.25) is 9.97 Å². The molecule has 0 saturated heterocycles. The van der Waals surface area contributed by atoms with Crippen molar-refractivity contribution in [1.82, 2.24) is 9.97 Å². The zero-order valence-corrected chi connectivity index (χ0v) is 14.1. The lowest BCUT2D eigenvalue weighted by atomic mass is 9.92. The van der Waals surface area contributed by atoms with Gasteiger partial charge in [0, 0.05) is 23.9 Å². The first-order valence-electron chi connectivity index (χ1n) is 8.70. The van der Waals surface area contributed by atoms with Gasteiger partial charge in [-0.05, 0) is 55.2 Å². The second-order valence-corrected chi connectivity index (χ2v) is 6.42. The van der Waals surface area contributed by atoms with Crippen molar-refractivity contribution in [1.29, 1.82) is 0 Å². The largest absolute Gasteiger partial charge is 0.456 e. The number of aromatic nitrogens is 2. The highest BCUT2D eigenvalue weighted by Gasteiger charge is 2.18. The van der Waals surface area contributed by atoms with Crippen molar-refractivity contribution in [2.24, 2.45) is 5.73 Å². The van der Waals surface area contributed by atoms with Gasteiger partial charge in [-0.15, -0.1) is 0 Å².